The summed E-state index contributed by atoms with van der Waals surface area (Å²) in [5.41, 5.74) is 8.56. The predicted octanol–water partition coefficient (Wildman–Crippen LogP) is 3.21. The lowest BCUT2D eigenvalue weighted by Crippen LogP contribution is -2.57. The Balaban J connectivity index is 2.10. The van der Waals surface area contributed by atoms with Gasteiger partial charge in [0.05, 0.1) is 22.4 Å². The van der Waals surface area contributed by atoms with Crippen molar-refractivity contribution in [2.75, 3.05) is 23.7 Å². The molecule has 0 spiro atoms. The van der Waals surface area contributed by atoms with Gasteiger partial charge in [0, 0.05) is 30.4 Å². The van der Waals surface area contributed by atoms with Gasteiger partial charge < -0.3 is 15.4 Å². The molecule has 4 nitrogen and oxygen atoms in total. The van der Waals surface area contributed by atoms with Crippen molar-refractivity contribution in [3.63, 3.8) is 0 Å². The Morgan fingerprint density at radius 3 is 2.43 bits per heavy atom. The van der Waals surface area contributed by atoms with Crippen molar-refractivity contribution in [3.8, 4) is 0 Å². The number of benzene rings is 1. The van der Waals surface area contributed by atoms with Gasteiger partial charge in [-0.2, -0.15) is 0 Å². The number of pyridine rings is 1. The molecule has 3 rings (SSSR count). The Bertz CT molecular complexity index is 663. The number of nitrogens with zero attached hydrogens (tertiary/aromatic N) is 2. The Morgan fingerprint density at radius 1 is 1.10 bits per heavy atom. The normalized spacial score (nSPS) is 20.7. The first-order chi connectivity index (χ1) is 9.77. The van der Waals surface area contributed by atoms with E-state index in [4.69, 9.17) is 10.5 Å². The lowest BCUT2D eigenvalue weighted by molar-refractivity contribution is -0.133. The lowest BCUT2D eigenvalue weighted by atomic mass is 9.97. The van der Waals surface area contributed by atoms with E-state index in [9.17, 15) is 0 Å². The summed E-state index contributed by atoms with van der Waals surface area (Å²) >= 11 is 0. The largest absolute Gasteiger partial charge is 0.398 e. The number of fused-ring (bicyclic) bond motifs is 1. The van der Waals surface area contributed by atoms with E-state index in [2.05, 4.69) is 43.6 Å². The van der Waals surface area contributed by atoms with Gasteiger partial charge in [0.25, 0.3) is 0 Å². The standard InChI is InChI=1S/C17H23N3O/c1-16(2)10-20(11-17(3,4)21-16)14-8-7-13(18)12-6-5-9-19-15(12)14/h5-9H,10-11,18H2,1-4H3. The van der Waals surface area contributed by atoms with E-state index in [1.54, 1.807) is 0 Å². The third kappa shape index (κ3) is 2.68. The number of morpholine rings is 1. The molecule has 1 fully saturated rings. The molecular formula is C17H23N3O. The smallest absolute Gasteiger partial charge is 0.0955 e. The molecule has 0 atom stereocenters. The van der Waals surface area contributed by atoms with Crippen molar-refractivity contribution in [1.82, 2.24) is 4.98 Å². The molecule has 0 bridgehead atoms. The zero-order chi connectivity index (χ0) is 15.3. The summed E-state index contributed by atoms with van der Waals surface area (Å²) in [7, 11) is 0. The Kier molecular flexibility index (Phi) is 3.10. The van der Waals surface area contributed by atoms with Crippen molar-refractivity contribution in [2.45, 2.75) is 38.9 Å². The lowest BCUT2D eigenvalue weighted by Gasteiger charge is -2.48. The van der Waals surface area contributed by atoms with Crippen molar-refractivity contribution in [1.29, 1.82) is 0 Å². The monoisotopic (exact) mass is 285 g/mol. The van der Waals surface area contributed by atoms with Crippen molar-refractivity contribution in [3.05, 3.63) is 30.5 Å². The maximum Gasteiger partial charge on any atom is 0.0955 e. The summed E-state index contributed by atoms with van der Waals surface area (Å²) in [6, 6.07) is 7.99. The molecule has 0 unspecified atom stereocenters. The fourth-order valence-electron chi connectivity index (χ4n) is 3.39. The first kappa shape index (κ1) is 14.1. The van der Waals surface area contributed by atoms with Crippen LogP contribution in [-0.2, 0) is 4.74 Å². The zero-order valence-electron chi connectivity index (χ0n) is 13.2. The van der Waals surface area contributed by atoms with Gasteiger partial charge >= 0.3 is 0 Å². The fraction of sp³-hybridized carbons (Fsp3) is 0.471. The van der Waals surface area contributed by atoms with Gasteiger partial charge in [-0.05, 0) is 52.0 Å². The van der Waals surface area contributed by atoms with Gasteiger partial charge in [-0.1, -0.05) is 0 Å². The van der Waals surface area contributed by atoms with Gasteiger partial charge in [0.15, 0.2) is 0 Å². The summed E-state index contributed by atoms with van der Waals surface area (Å²) in [6.07, 6.45) is 1.82. The molecule has 21 heavy (non-hydrogen) atoms. The van der Waals surface area contributed by atoms with Gasteiger partial charge in [-0.25, -0.2) is 0 Å². The minimum Gasteiger partial charge on any atom is -0.398 e. The van der Waals surface area contributed by atoms with Crippen LogP contribution in [0.15, 0.2) is 30.5 Å². The minimum absolute atomic E-state index is 0.190. The highest BCUT2D eigenvalue weighted by molar-refractivity contribution is 5.98. The third-order valence-corrected chi connectivity index (χ3v) is 3.82. The molecule has 1 aromatic heterocycles. The Morgan fingerprint density at radius 2 is 1.76 bits per heavy atom. The second-order valence-electron chi connectivity index (χ2n) is 7.05. The molecule has 2 aromatic rings. The van der Waals surface area contributed by atoms with Crippen LogP contribution in [0.2, 0.25) is 0 Å². The SMILES string of the molecule is CC1(C)CN(c2ccc(N)c3cccnc23)CC(C)(C)O1. The van der Waals surface area contributed by atoms with E-state index in [1.165, 1.54) is 0 Å². The van der Waals surface area contributed by atoms with E-state index >= 15 is 0 Å². The van der Waals surface area contributed by atoms with Crippen LogP contribution < -0.4 is 10.6 Å². The number of hydrogen-bond donors (Lipinski definition) is 1. The average molecular weight is 285 g/mol. The number of anilines is 2. The number of rotatable bonds is 1. The van der Waals surface area contributed by atoms with Crippen molar-refractivity contribution >= 4 is 22.3 Å². The van der Waals surface area contributed by atoms with E-state index < -0.39 is 0 Å². The number of nitrogens with two attached hydrogens (primary N) is 1. The van der Waals surface area contributed by atoms with Gasteiger partial charge in [-0.3, -0.25) is 4.98 Å². The highest BCUT2D eigenvalue weighted by Gasteiger charge is 2.38. The van der Waals surface area contributed by atoms with Crippen LogP contribution in [0.5, 0.6) is 0 Å². The van der Waals surface area contributed by atoms with Crippen LogP contribution in [0.25, 0.3) is 10.9 Å². The van der Waals surface area contributed by atoms with E-state index in [1.807, 2.05) is 24.4 Å². The van der Waals surface area contributed by atoms with Crippen molar-refractivity contribution < 1.29 is 4.74 Å². The summed E-state index contributed by atoms with van der Waals surface area (Å²) in [6.45, 7) is 10.2. The number of hydrogen-bond acceptors (Lipinski definition) is 4. The molecule has 0 radical (unpaired) electrons. The van der Waals surface area contributed by atoms with Gasteiger partial charge in [0.1, 0.15) is 0 Å². The topological polar surface area (TPSA) is 51.4 Å². The molecule has 112 valence electrons. The summed E-state index contributed by atoms with van der Waals surface area (Å²) in [5, 5.41) is 1.01. The van der Waals surface area contributed by atoms with Crippen LogP contribution >= 0.6 is 0 Å². The Hall–Kier alpha value is -1.81. The van der Waals surface area contributed by atoms with Gasteiger partial charge in [-0.15, -0.1) is 0 Å². The molecule has 2 heterocycles. The maximum atomic E-state index is 6.16. The number of nitrogen functional groups attached to an aromatic ring is 1. The average Bonchev–Trinajstić information content (AvgIpc) is 2.35. The number of aromatic nitrogens is 1. The second-order valence-corrected chi connectivity index (χ2v) is 7.05. The molecule has 2 N–H and O–H groups in total. The predicted molar refractivity (Wildman–Crippen MR) is 87.6 cm³/mol. The molecule has 1 aliphatic heterocycles. The third-order valence-electron chi connectivity index (χ3n) is 3.82. The highest BCUT2D eigenvalue weighted by atomic mass is 16.5. The molecular weight excluding hydrogens is 262 g/mol. The number of ether oxygens (including phenoxy) is 1. The van der Waals surface area contributed by atoms with Crippen LogP contribution in [-0.4, -0.2) is 29.3 Å². The summed E-state index contributed by atoms with van der Waals surface area (Å²) in [4.78, 5) is 6.91. The van der Waals surface area contributed by atoms with Crippen LogP contribution in [0.4, 0.5) is 11.4 Å². The zero-order valence-corrected chi connectivity index (χ0v) is 13.2. The molecule has 1 aromatic carbocycles. The molecule has 0 aliphatic carbocycles. The highest BCUT2D eigenvalue weighted by Crippen LogP contribution is 2.35. The van der Waals surface area contributed by atoms with Crippen molar-refractivity contribution in [2.24, 2.45) is 0 Å². The Labute approximate surface area is 125 Å². The first-order valence-corrected chi connectivity index (χ1v) is 7.36. The fourth-order valence-corrected chi connectivity index (χ4v) is 3.39. The maximum absolute atomic E-state index is 6.16. The molecule has 1 aliphatic rings. The van der Waals surface area contributed by atoms with E-state index in [0.29, 0.717) is 0 Å². The molecule has 1 saturated heterocycles. The summed E-state index contributed by atoms with van der Waals surface area (Å²) in [5.74, 6) is 0. The minimum atomic E-state index is -0.190. The molecule has 0 amide bonds. The first-order valence-electron chi connectivity index (χ1n) is 7.36. The molecule has 0 saturated carbocycles. The van der Waals surface area contributed by atoms with Crippen LogP contribution in [0.1, 0.15) is 27.7 Å². The summed E-state index contributed by atoms with van der Waals surface area (Å²) < 4.78 is 6.16. The second kappa shape index (κ2) is 4.60. The quantitative estimate of drug-likeness (QED) is 0.817. The van der Waals surface area contributed by atoms with Gasteiger partial charge in [0.2, 0.25) is 0 Å². The molecule has 4 heteroatoms. The van der Waals surface area contributed by atoms with Crippen LogP contribution in [0.3, 0.4) is 0 Å². The van der Waals surface area contributed by atoms with E-state index in [-0.39, 0.29) is 11.2 Å². The van der Waals surface area contributed by atoms with Crippen LogP contribution in [0, 0.1) is 0 Å². The van der Waals surface area contributed by atoms with E-state index in [0.717, 1.165) is 35.4 Å².